The van der Waals surface area contributed by atoms with Gasteiger partial charge in [-0.2, -0.15) is 5.26 Å². The smallest absolute Gasteiger partial charge is 0.116 e. The molecule has 2 atom stereocenters. The lowest BCUT2D eigenvalue weighted by Crippen LogP contribution is -2.53. The first-order chi connectivity index (χ1) is 7.38. The second-order valence-electron chi connectivity index (χ2n) is 5.74. The number of rotatable bonds is 6. The number of nitrogens with zero attached hydrogens (tertiary/aromatic N) is 2. The van der Waals surface area contributed by atoms with Gasteiger partial charge in [-0.3, -0.25) is 5.32 Å². The van der Waals surface area contributed by atoms with Gasteiger partial charge in [-0.05, 0) is 53.5 Å². The molecule has 1 fully saturated rings. The molecule has 92 valence electrons. The Morgan fingerprint density at radius 1 is 1.44 bits per heavy atom. The van der Waals surface area contributed by atoms with Gasteiger partial charge in [0.15, 0.2) is 0 Å². The normalized spacial score (nSPS) is 21.9. The van der Waals surface area contributed by atoms with Crippen LogP contribution in [-0.2, 0) is 0 Å². The van der Waals surface area contributed by atoms with Crippen LogP contribution in [-0.4, -0.2) is 36.1 Å². The van der Waals surface area contributed by atoms with Gasteiger partial charge in [-0.15, -0.1) is 0 Å². The SMILES string of the molecule is CC(C)NC(C)(C#N)CN(C)C(C)C1CC1. The van der Waals surface area contributed by atoms with Crippen LogP contribution in [0.2, 0.25) is 0 Å². The maximum Gasteiger partial charge on any atom is 0.116 e. The molecule has 0 aromatic carbocycles. The van der Waals surface area contributed by atoms with E-state index in [2.05, 4.69) is 44.1 Å². The Hall–Kier alpha value is -0.590. The number of hydrogen-bond acceptors (Lipinski definition) is 3. The molecule has 1 aliphatic rings. The Bertz CT molecular complexity index is 265. The van der Waals surface area contributed by atoms with Crippen molar-refractivity contribution in [2.24, 2.45) is 5.92 Å². The van der Waals surface area contributed by atoms with Gasteiger partial charge >= 0.3 is 0 Å². The van der Waals surface area contributed by atoms with E-state index in [1.165, 1.54) is 12.8 Å². The van der Waals surface area contributed by atoms with E-state index in [1.807, 2.05) is 6.92 Å². The van der Waals surface area contributed by atoms with Crippen LogP contribution >= 0.6 is 0 Å². The van der Waals surface area contributed by atoms with E-state index in [0.717, 1.165) is 12.5 Å². The van der Waals surface area contributed by atoms with Crippen LogP contribution in [0.25, 0.3) is 0 Å². The van der Waals surface area contributed by atoms with E-state index < -0.39 is 5.54 Å². The molecule has 1 saturated carbocycles. The molecule has 0 spiro atoms. The monoisotopic (exact) mass is 223 g/mol. The van der Waals surface area contributed by atoms with Gasteiger partial charge in [0, 0.05) is 18.6 Å². The van der Waals surface area contributed by atoms with Crippen molar-refractivity contribution >= 4 is 0 Å². The zero-order chi connectivity index (χ0) is 12.3. The Morgan fingerprint density at radius 2 is 2.00 bits per heavy atom. The summed E-state index contributed by atoms with van der Waals surface area (Å²) in [6.45, 7) is 9.22. The van der Waals surface area contributed by atoms with Gasteiger partial charge in [0.2, 0.25) is 0 Å². The third-order valence-corrected chi connectivity index (χ3v) is 3.42. The van der Waals surface area contributed by atoms with Crippen molar-refractivity contribution in [1.29, 1.82) is 5.26 Å². The molecule has 0 bridgehead atoms. The molecule has 0 saturated heterocycles. The van der Waals surface area contributed by atoms with E-state index in [-0.39, 0.29) is 0 Å². The van der Waals surface area contributed by atoms with Gasteiger partial charge in [0.1, 0.15) is 5.54 Å². The van der Waals surface area contributed by atoms with Crippen LogP contribution in [0.3, 0.4) is 0 Å². The van der Waals surface area contributed by atoms with Crippen molar-refractivity contribution in [2.75, 3.05) is 13.6 Å². The number of likely N-dealkylation sites (N-methyl/N-ethyl adjacent to an activating group) is 1. The lowest BCUT2D eigenvalue weighted by atomic mass is 10.0. The van der Waals surface area contributed by atoms with Crippen molar-refractivity contribution < 1.29 is 0 Å². The van der Waals surface area contributed by atoms with E-state index in [0.29, 0.717) is 12.1 Å². The zero-order valence-corrected chi connectivity index (χ0v) is 11.2. The minimum Gasteiger partial charge on any atom is -0.301 e. The predicted octanol–water partition coefficient (Wildman–Crippen LogP) is 2.00. The first kappa shape index (κ1) is 13.5. The molecule has 2 unspecified atom stereocenters. The van der Waals surface area contributed by atoms with Crippen molar-refractivity contribution in [3.8, 4) is 6.07 Å². The average molecular weight is 223 g/mol. The second-order valence-corrected chi connectivity index (χ2v) is 5.74. The molecular weight excluding hydrogens is 198 g/mol. The van der Waals surface area contributed by atoms with Gasteiger partial charge in [-0.1, -0.05) is 0 Å². The van der Waals surface area contributed by atoms with Gasteiger partial charge in [-0.25, -0.2) is 0 Å². The van der Waals surface area contributed by atoms with E-state index >= 15 is 0 Å². The third-order valence-electron chi connectivity index (χ3n) is 3.42. The van der Waals surface area contributed by atoms with Gasteiger partial charge in [0.05, 0.1) is 6.07 Å². The fourth-order valence-electron chi connectivity index (χ4n) is 2.33. The Balaban J connectivity index is 2.51. The summed E-state index contributed by atoms with van der Waals surface area (Å²) in [4.78, 5) is 2.32. The molecule has 0 amide bonds. The van der Waals surface area contributed by atoms with Crippen LogP contribution in [0.4, 0.5) is 0 Å². The Morgan fingerprint density at radius 3 is 2.38 bits per heavy atom. The lowest BCUT2D eigenvalue weighted by molar-refractivity contribution is 0.187. The summed E-state index contributed by atoms with van der Waals surface area (Å²) in [6, 6.07) is 3.34. The van der Waals surface area contributed by atoms with Crippen molar-refractivity contribution in [3.05, 3.63) is 0 Å². The molecule has 3 nitrogen and oxygen atoms in total. The van der Waals surface area contributed by atoms with E-state index in [4.69, 9.17) is 0 Å². The van der Waals surface area contributed by atoms with Crippen molar-refractivity contribution in [2.45, 2.75) is 58.2 Å². The molecule has 0 heterocycles. The zero-order valence-electron chi connectivity index (χ0n) is 11.2. The van der Waals surface area contributed by atoms with Crippen LogP contribution in [0, 0.1) is 17.2 Å². The maximum atomic E-state index is 9.28. The molecule has 1 N–H and O–H groups in total. The summed E-state index contributed by atoms with van der Waals surface area (Å²) < 4.78 is 0. The molecule has 1 rings (SSSR count). The average Bonchev–Trinajstić information content (AvgIpc) is 2.98. The Labute approximate surface area is 99.8 Å². The number of hydrogen-bond donors (Lipinski definition) is 1. The molecule has 0 aromatic rings. The first-order valence-electron chi connectivity index (χ1n) is 6.27. The van der Waals surface area contributed by atoms with Crippen LogP contribution in [0.5, 0.6) is 0 Å². The summed E-state index contributed by atoms with van der Waals surface area (Å²) in [6.07, 6.45) is 2.71. The minimum atomic E-state index is -0.438. The molecular formula is C13H25N3. The molecule has 0 radical (unpaired) electrons. The standard InChI is InChI=1S/C13H25N3/c1-10(2)15-13(4,8-14)9-16(5)11(3)12-6-7-12/h10-12,15H,6-7,9H2,1-5H3. The third kappa shape index (κ3) is 3.77. The van der Waals surface area contributed by atoms with Crippen molar-refractivity contribution in [3.63, 3.8) is 0 Å². The van der Waals surface area contributed by atoms with Gasteiger partial charge < -0.3 is 4.90 Å². The fraction of sp³-hybridized carbons (Fsp3) is 0.923. The Kier molecular flexibility index (Phi) is 4.35. The van der Waals surface area contributed by atoms with Crippen molar-refractivity contribution in [1.82, 2.24) is 10.2 Å². The molecule has 0 aromatic heterocycles. The lowest BCUT2D eigenvalue weighted by Gasteiger charge is -2.34. The topological polar surface area (TPSA) is 39.1 Å². The van der Waals surface area contributed by atoms with Crippen LogP contribution < -0.4 is 5.32 Å². The van der Waals surface area contributed by atoms with Crippen LogP contribution in [0.15, 0.2) is 0 Å². The molecule has 16 heavy (non-hydrogen) atoms. The molecule has 3 heteroatoms. The molecule has 1 aliphatic carbocycles. The summed E-state index contributed by atoms with van der Waals surface area (Å²) in [5.41, 5.74) is -0.438. The minimum absolute atomic E-state index is 0.342. The highest BCUT2D eigenvalue weighted by Gasteiger charge is 2.34. The quantitative estimate of drug-likeness (QED) is 0.748. The highest BCUT2D eigenvalue weighted by molar-refractivity contribution is 5.07. The van der Waals surface area contributed by atoms with E-state index in [1.54, 1.807) is 0 Å². The predicted molar refractivity (Wildman–Crippen MR) is 67.1 cm³/mol. The number of nitriles is 1. The van der Waals surface area contributed by atoms with Crippen LogP contribution in [0.1, 0.15) is 40.5 Å². The largest absolute Gasteiger partial charge is 0.301 e. The summed E-state index contributed by atoms with van der Waals surface area (Å²) >= 11 is 0. The highest BCUT2D eigenvalue weighted by Crippen LogP contribution is 2.34. The molecule has 0 aliphatic heterocycles. The fourth-order valence-corrected chi connectivity index (χ4v) is 2.33. The second kappa shape index (κ2) is 5.16. The van der Waals surface area contributed by atoms with E-state index in [9.17, 15) is 5.26 Å². The summed E-state index contributed by atoms with van der Waals surface area (Å²) in [7, 11) is 2.13. The highest BCUT2D eigenvalue weighted by atomic mass is 15.2. The van der Waals surface area contributed by atoms with Gasteiger partial charge in [0.25, 0.3) is 0 Å². The maximum absolute atomic E-state index is 9.28. The first-order valence-corrected chi connectivity index (χ1v) is 6.27. The summed E-state index contributed by atoms with van der Waals surface area (Å²) in [5, 5.41) is 12.6. The number of nitrogens with one attached hydrogen (secondary N) is 1. The summed E-state index contributed by atoms with van der Waals surface area (Å²) in [5.74, 6) is 0.854.